The van der Waals surface area contributed by atoms with Crippen molar-refractivity contribution in [1.82, 2.24) is 8.69 Å². The average molecular weight is 524 g/mol. The van der Waals surface area contributed by atoms with Crippen molar-refractivity contribution >= 4 is 48.2 Å². The number of benzene rings is 2. The molecular weight excluding hydrogens is 496 g/mol. The van der Waals surface area contributed by atoms with Crippen LogP contribution in [0.4, 0.5) is 0 Å². The van der Waals surface area contributed by atoms with E-state index >= 15 is 0 Å². The van der Waals surface area contributed by atoms with Crippen molar-refractivity contribution in [3.05, 3.63) is 63.8 Å². The van der Waals surface area contributed by atoms with Gasteiger partial charge in [0.2, 0.25) is 0 Å². The number of fused-ring (bicyclic) bond motifs is 3. The van der Waals surface area contributed by atoms with Gasteiger partial charge in [-0.05, 0) is 77.3 Å². The molecule has 4 rings (SSSR count). The van der Waals surface area contributed by atoms with Gasteiger partial charge in [-0.2, -0.15) is 0 Å². The maximum Gasteiger partial charge on any atom is 0.268 e. The second-order valence-electron chi connectivity index (χ2n) is 9.05. The van der Waals surface area contributed by atoms with E-state index in [1.54, 1.807) is 12.1 Å². The lowest BCUT2D eigenvalue weighted by atomic mass is 9.91. The molecule has 8 heteroatoms. The zero-order valence-corrected chi connectivity index (χ0v) is 21.3. The van der Waals surface area contributed by atoms with E-state index in [1.807, 2.05) is 58.0 Å². The molecule has 0 radical (unpaired) electrons. The van der Waals surface area contributed by atoms with Gasteiger partial charge < -0.3 is 4.55 Å². The second kappa shape index (κ2) is 8.23. The summed E-state index contributed by atoms with van der Waals surface area (Å²) in [6.45, 7) is 7.73. The first-order chi connectivity index (χ1) is 14.5. The van der Waals surface area contributed by atoms with Gasteiger partial charge in [0.1, 0.15) is 4.75 Å². The van der Waals surface area contributed by atoms with E-state index in [1.165, 1.54) is 3.97 Å². The van der Waals surface area contributed by atoms with Gasteiger partial charge >= 0.3 is 0 Å². The van der Waals surface area contributed by atoms with Crippen LogP contribution in [0.15, 0.2) is 51.8 Å². The molecule has 5 nitrogen and oxygen atoms in total. The van der Waals surface area contributed by atoms with Gasteiger partial charge in [0, 0.05) is 32.5 Å². The first-order valence-electron chi connectivity index (χ1n) is 10.3. The van der Waals surface area contributed by atoms with E-state index in [2.05, 4.69) is 20.7 Å². The lowest BCUT2D eigenvalue weighted by Crippen LogP contribution is -2.42. The Hall–Kier alpha value is -1.32. The largest absolute Gasteiger partial charge is 0.598 e. The molecule has 0 saturated heterocycles. The molecule has 3 aromatic rings. The minimum absolute atomic E-state index is 0.171. The number of halogens is 1. The summed E-state index contributed by atoms with van der Waals surface area (Å²) in [5.74, 6) is 0. The highest BCUT2D eigenvalue weighted by atomic mass is 79.9. The van der Waals surface area contributed by atoms with Crippen LogP contribution in [0.2, 0.25) is 0 Å². The van der Waals surface area contributed by atoms with Gasteiger partial charge in [0.05, 0.1) is 16.5 Å². The minimum atomic E-state index is -3.78. The summed E-state index contributed by atoms with van der Waals surface area (Å²) in [7, 11) is -3.78. The number of hydrogen-bond donors (Lipinski definition) is 1. The molecule has 1 aromatic heterocycles. The quantitative estimate of drug-likeness (QED) is 0.466. The number of rotatable bonds is 4. The first kappa shape index (κ1) is 22.9. The molecule has 1 heterocycles. The summed E-state index contributed by atoms with van der Waals surface area (Å²) < 4.78 is 45.6. The Morgan fingerprint density at radius 1 is 1.16 bits per heavy atom. The Morgan fingerprint density at radius 3 is 2.48 bits per heavy atom. The van der Waals surface area contributed by atoms with Crippen LogP contribution in [0.25, 0.3) is 10.9 Å². The standard InChI is InChI=1S/C23H27BrN2O3S2/c1-15-8-11-17(12-9-15)31(28,29)26-20-13-10-16(24)14-18(20)22-19(6-5-7-21(22)26)25-30(27)23(2,3)4/h8-14,19,25H,5-7H2,1-4H3/t19-,30?/m1/s1. The molecule has 2 aromatic carbocycles. The highest BCUT2D eigenvalue weighted by Crippen LogP contribution is 2.41. The smallest absolute Gasteiger partial charge is 0.268 e. The lowest BCUT2D eigenvalue weighted by Gasteiger charge is -2.30. The van der Waals surface area contributed by atoms with Crippen molar-refractivity contribution in [1.29, 1.82) is 0 Å². The van der Waals surface area contributed by atoms with Gasteiger partial charge in [-0.25, -0.2) is 12.4 Å². The van der Waals surface area contributed by atoms with Crippen molar-refractivity contribution in [3.8, 4) is 0 Å². The molecule has 1 aliphatic carbocycles. The Morgan fingerprint density at radius 2 is 1.84 bits per heavy atom. The molecule has 1 N–H and O–H groups in total. The van der Waals surface area contributed by atoms with E-state index in [9.17, 15) is 13.0 Å². The van der Waals surface area contributed by atoms with Crippen LogP contribution in [0, 0.1) is 6.92 Å². The molecular formula is C23H27BrN2O3S2. The Balaban J connectivity index is 1.94. The summed E-state index contributed by atoms with van der Waals surface area (Å²) in [6, 6.07) is 12.5. The van der Waals surface area contributed by atoms with Gasteiger partial charge in [-0.3, -0.25) is 0 Å². The Bertz CT molecular complexity index is 1230. The Labute approximate surface area is 195 Å². The van der Waals surface area contributed by atoms with Crippen LogP contribution in [-0.2, 0) is 27.8 Å². The third-order valence-corrected chi connectivity index (χ3v) is 9.51. The van der Waals surface area contributed by atoms with Crippen LogP contribution in [0.5, 0.6) is 0 Å². The fourth-order valence-corrected chi connectivity index (χ4v) is 6.87. The maximum absolute atomic E-state index is 13.7. The zero-order valence-electron chi connectivity index (χ0n) is 18.1. The van der Waals surface area contributed by atoms with E-state index in [0.717, 1.165) is 39.5 Å². The molecule has 166 valence electrons. The number of nitrogens with one attached hydrogen (secondary N) is 1. The molecule has 0 spiro atoms. The zero-order chi connectivity index (χ0) is 22.6. The first-order valence-corrected chi connectivity index (χ1v) is 13.7. The summed E-state index contributed by atoms with van der Waals surface area (Å²) in [5.41, 5.74) is 3.39. The fourth-order valence-electron chi connectivity index (χ4n) is 4.07. The van der Waals surface area contributed by atoms with Crippen molar-refractivity contribution in [2.24, 2.45) is 0 Å². The Kier molecular flexibility index (Phi) is 6.07. The summed E-state index contributed by atoms with van der Waals surface area (Å²) in [5, 5.41) is 0.878. The molecule has 0 amide bonds. The lowest BCUT2D eigenvalue weighted by molar-refractivity contribution is 0.488. The molecule has 1 aliphatic rings. The second-order valence-corrected chi connectivity index (χ2v) is 13.7. The van der Waals surface area contributed by atoms with E-state index in [0.29, 0.717) is 11.9 Å². The van der Waals surface area contributed by atoms with Crippen LogP contribution < -0.4 is 4.72 Å². The van der Waals surface area contributed by atoms with Crippen LogP contribution in [0.1, 0.15) is 56.5 Å². The normalized spacial score (nSPS) is 18.2. The van der Waals surface area contributed by atoms with Gasteiger partial charge in [-0.15, -0.1) is 4.72 Å². The summed E-state index contributed by atoms with van der Waals surface area (Å²) in [4.78, 5) is 0.272. The molecule has 0 saturated carbocycles. The number of hydrogen-bond acceptors (Lipinski definition) is 4. The van der Waals surface area contributed by atoms with Crippen molar-refractivity contribution < 1.29 is 13.0 Å². The number of aryl methyl sites for hydroxylation is 1. The van der Waals surface area contributed by atoms with Crippen LogP contribution >= 0.6 is 15.9 Å². The molecule has 2 atom stereocenters. The van der Waals surface area contributed by atoms with Crippen molar-refractivity contribution in [2.45, 2.75) is 62.6 Å². The van der Waals surface area contributed by atoms with Crippen molar-refractivity contribution in [3.63, 3.8) is 0 Å². The van der Waals surface area contributed by atoms with Gasteiger partial charge in [0.15, 0.2) is 0 Å². The van der Waals surface area contributed by atoms with E-state index < -0.39 is 26.1 Å². The topological polar surface area (TPSA) is 74.2 Å². The number of aromatic nitrogens is 1. The van der Waals surface area contributed by atoms with Crippen LogP contribution in [-0.4, -0.2) is 21.7 Å². The predicted molar refractivity (Wildman–Crippen MR) is 130 cm³/mol. The SMILES string of the molecule is Cc1ccc(S(=O)(=O)n2c3c(c4cc(Br)ccc42)[C@H](N[S+]([O-])C(C)(C)C)CCC3)cc1. The van der Waals surface area contributed by atoms with E-state index in [4.69, 9.17) is 0 Å². The summed E-state index contributed by atoms with van der Waals surface area (Å²) in [6.07, 6.45) is 2.30. The third kappa shape index (κ3) is 4.20. The third-order valence-electron chi connectivity index (χ3n) is 5.64. The average Bonchev–Trinajstić information content (AvgIpc) is 3.02. The maximum atomic E-state index is 13.7. The summed E-state index contributed by atoms with van der Waals surface area (Å²) >= 11 is 2.27. The molecule has 0 aliphatic heterocycles. The van der Waals surface area contributed by atoms with Crippen LogP contribution in [0.3, 0.4) is 0 Å². The van der Waals surface area contributed by atoms with Gasteiger partial charge in [0.25, 0.3) is 10.0 Å². The fraction of sp³-hybridized carbons (Fsp3) is 0.391. The predicted octanol–water partition coefficient (Wildman–Crippen LogP) is 5.38. The number of nitrogens with zero attached hydrogens (tertiary/aromatic N) is 1. The minimum Gasteiger partial charge on any atom is -0.598 e. The highest BCUT2D eigenvalue weighted by molar-refractivity contribution is 9.10. The molecule has 1 unspecified atom stereocenters. The van der Waals surface area contributed by atoms with Crippen molar-refractivity contribution in [2.75, 3.05) is 0 Å². The monoisotopic (exact) mass is 522 g/mol. The van der Waals surface area contributed by atoms with Gasteiger partial charge in [-0.1, -0.05) is 33.6 Å². The van der Waals surface area contributed by atoms with E-state index in [-0.39, 0.29) is 10.9 Å². The molecule has 31 heavy (non-hydrogen) atoms. The molecule has 0 fully saturated rings. The molecule has 0 bridgehead atoms. The highest BCUT2D eigenvalue weighted by Gasteiger charge is 2.36.